The molecule has 1 N–H and O–H groups in total. The summed E-state index contributed by atoms with van der Waals surface area (Å²) in [5.41, 5.74) is 2.15. The lowest BCUT2D eigenvalue weighted by Gasteiger charge is -2.11. The van der Waals surface area contributed by atoms with Gasteiger partial charge in [-0.05, 0) is 31.5 Å². The average Bonchev–Trinajstić information content (AvgIpc) is 2.60. The van der Waals surface area contributed by atoms with Crippen molar-refractivity contribution in [3.8, 4) is 5.75 Å². The van der Waals surface area contributed by atoms with Crippen LogP contribution in [0.4, 0.5) is 17.1 Å². The molecule has 0 saturated heterocycles. The molecule has 0 aliphatic heterocycles. The number of nitrogens with one attached hydrogen (secondary N) is 1. The van der Waals surface area contributed by atoms with Crippen LogP contribution in [0.5, 0.6) is 5.75 Å². The van der Waals surface area contributed by atoms with Gasteiger partial charge >= 0.3 is 5.97 Å². The number of benzene rings is 2. The zero-order valence-electron chi connectivity index (χ0n) is 14.2. The molecular weight excluding hydrogens is 324 g/mol. The molecule has 7 nitrogen and oxygen atoms in total. The molecule has 7 heteroatoms. The first-order valence-electron chi connectivity index (χ1n) is 7.81. The maximum Gasteiger partial charge on any atom is 0.305 e. The minimum atomic E-state index is -0.447. The molecule has 2 rings (SSSR count). The van der Waals surface area contributed by atoms with E-state index >= 15 is 0 Å². The van der Waals surface area contributed by atoms with Crippen LogP contribution in [0.2, 0.25) is 0 Å². The Morgan fingerprint density at radius 1 is 1.20 bits per heavy atom. The highest BCUT2D eigenvalue weighted by Crippen LogP contribution is 2.31. The van der Waals surface area contributed by atoms with Gasteiger partial charge in [-0.2, -0.15) is 0 Å². The molecule has 0 unspecified atom stereocenters. The summed E-state index contributed by atoms with van der Waals surface area (Å²) in [5.74, 6) is 0.194. The van der Waals surface area contributed by atoms with Crippen molar-refractivity contribution in [2.45, 2.75) is 19.8 Å². The lowest BCUT2D eigenvalue weighted by Crippen LogP contribution is -2.05. The Labute approximate surface area is 145 Å². The Morgan fingerprint density at radius 2 is 1.92 bits per heavy atom. The van der Waals surface area contributed by atoms with Crippen LogP contribution in [-0.4, -0.2) is 24.6 Å². The number of esters is 1. The molecule has 0 atom stereocenters. The quantitative estimate of drug-likeness (QED) is 0.337. The molecule has 0 aliphatic rings. The fraction of sp³-hybridized carbons (Fsp3) is 0.278. The molecule has 0 bridgehead atoms. The zero-order chi connectivity index (χ0) is 18.2. The number of carbonyl (C=O) groups excluding carboxylic acids is 1. The summed E-state index contributed by atoms with van der Waals surface area (Å²) in [6, 6.07) is 12.0. The van der Waals surface area contributed by atoms with E-state index in [1.807, 2.05) is 31.2 Å². The molecule has 0 aromatic heterocycles. The molecule has 0 heterocycles. The van der Waals surface area contributed by atoms with Crippen molar-refractivity contribution >= 4 is 23.0 Å². The van der Waals surface area contributed by atoms with Gasteiger partial charge in [-0.3, -0.25) is 14.9 Å². The third-order valence-corrected chi connectivity index (χ3v) is 3.52. The predicted molar refractivity (Wildman–Crippen MR) is 94.3 cm³/mol. The Bertz CT molecular complexity index is 744. The van der Waals surface area contributed by atoms with E-state index in [4.69, 9.17) is 4.74 Å². The van der Waals surface area contributed by atoms with E-state index in [1.54, 1.807) is 6.07 Å². The van der Waals surface area contributed by atoms with Crippen molar-refractivity contribution in [2.24, 2.45) is 0 Å². The second-order valence-corrected chi connectivity index (χ2v) is 5.46. The average molecular weight is 344 g/mol. The van der Waals surface area contributed by atoms with Crippen LogP contribution in [0.15, 0.2) is 42.5 Å². The number of nitro benzene ring substituents is 1. The van der Waals surface area contributed by atoms with Crippen molar-refractivity contribution < 1.29 is 19.2 Å². The number of anilines is 2. The van der Waals surface area contributed by atoms with Gasteiger partial charge in [0.05, 0.1) is 18.6 Å². The SMILES string of the molecule is COC(=O)CCCOc1ccc([N+](=O)[O-])c(Nc2ccc(C)cc2)c1. The molecule has 2 aromatic carbocycles. The molecule has 0 fully saturated rings. The summed E-state index contributed by atoms with van der Waals surface area (Å²) in [7, 11) is 1.34. The van der Waals surface area contributed by atoms with Crippen molar-refractivity contribution in [3.63, 3.8) is 0 Å². The molecule has 0 radical (unpaired) electrons. The first kappa shape index (κ1) is 18.3. The number of ether oxygens (including phenoxy) is 2. The van der Waals surface area contributed by atoms with E-state index in [0.29, 0.717) is 24.5 Å². The maximum atomic E-state index is 11.2. The van der Waals surface area contributed by atoms with Gasteiger partial charge in [-0.1, -0.05) is 17.7 Å². The maximum absolute atomic E-state index is 11.2. The molecule has 0 spiro atoms. The highest BCUT2D eigenvalue weighted by atomic mass is 16.6. The molecule has 0 aliphatic carbocycles. The number of nitro groups is 1. The number of methoxy groups -OCH3 is 1. The lowest BCUT2D eigenvalue weighted by atomic mass is 10.2. The van der Waals surface area contributed by atoms with Gasteiger partial charge in [-0.25, -0.2) is 0 Å². The molecule has 132 valence electrons. The van der Waals surface area contributed by atoms with E-state index in [1.165, 1.54) is 19.2 Å². The summed E-state index contributed by atoms with van der Waals surface area (Å²) >= 11 is 0. The summed E-state index contributed by atoms with van der Waals surface area (Å²) in [6.07, 6.45) is 0.766. The Morgan fingerprint density at radius 3 is 2.56 bits per heavy atom. The van der Waals surface area contributed by atoms with Crippen LogP contribution in [0.25, 0.3) is 0 Å². The van der Waals surface area contributed by atoms with E-state index < -0.39 is 4.92 Å². The van der Waals surface area contributed by atoms with E-state index in [0.717, 1.165) is 11.3 Å². The summed E-state index contributed by atoms with van der Waals surface area (Å²) in [6.45, 7) is 2.28. The van der Waals surface area contributed by atoms with Crippen molar-refractivity contribution in [1.82, 2.24) is 0 Å². The number of hydrogen-bond donors (Lipinski definition) is 1. The van der Waals surface area contributed by atoms with E-state index in [-0.39, 0.29) is 18.1 Å². The number of nitrogens with zero attached hydrogens (tertiary/aromatic N) is 1. The topological polar surface area (TPSA) is 90.7 Å². The van der Waals surface area contributed by atoms with E-state index in [2.05, 4.69) is 10.1 Å². The van der Waals surface area contributed by atoms with Gasteiger partial charge in [0.15, 0.2) is 0 Å². The van der Waals surface area contributed by atoms with Gasteiger partial charge in [0.1, 0.15) is 11.4 Å². The monoisotopic (exact) mass is 344 g/mol. The Kier molecular flexibility index (Phi) is 6.33. The molecular formula is C18H20N2O5. The second kappa shape index (κ2) is 8.68. The Balaban J connectivity index is 2.09. The van der Waals surface area contributed by atoms with Crippen LogP contribution in [0.3, 0.4) is 0 Å². The van der Waals surface area contributed by atoms with Gasteiger partial charge in [0.25, 0.3) is 5.69 Å². The third kappa shape index (κ3) is 5.49. The third-order valence-electron chi connectivity index (χ3n) is 3.52. The predicted octanol–water partition coefficient (Wildman–Crippen LogP) is 3.98. The van der Waals surface area contributed by atoms with E-state index in [9.17, 15) is 14.9 Å². The van der Waals surface area contributed by atoms with Crippen LogP contribution in [0.1, 0.15) is 18.4 Å². The second-order valence-electron chi connectivity index (χ2n) is 5.46. The fourth-order valence-electron chi connectivity index (χ4n) is 2.17. The zero-order valence-corrected chi connectivity index (χ0v) is 14.2. The standard InChI is InChI=1S/C18H20N2O5/c1-13-5-7-14(8-6-13)19-16-12-15(9-10-17(16)20(22)23)25-11-3-4-18(21)24-2/h5-10,12,19H,3-4,11H2,1-2H3. The minimum Gasteiger partial charge on any atom is -0.493 e. The van der Waals surface area contributed by atoms with Gasteiger partial charge in [0.2, 0.25) is 0 Å². The lowest BCUT2D eigenvalue weighted by molar-refractivity contribution is -0.383. The number of aryl methyl sites for hydroxylation is 1. The van der Waals surface area contributed by atoms with Crippen LogP contribution < -0.4 is 10.1 Å². The number of hydrogen-bond acceptors (Lipinski definition) is 6. The van der Waals surface area contributed by atoms with Crippen molar-refractivity contribution in [1.29, 1.82) is 0 Å². The van der Waals surface area contributed by atoms with Crippen molar-refractivity contribution in [2.75, 3.05) is 19.0 Å². The van der Waals surface area contributed by atoms with Gasteiger partial charge in [-0.15, -0.1) is 0 Å². The normalized spacial score (nSPS) is 10.2. The largest absolute Gasteiger partial charge is 0.493 e. The molecule has 2 aromatic rings. The first-order chi connectivity index (χ1) is 12.0. The number of rotatable bonds is 8. The first-order valence-corrected chi connectivity index (χ1v) is 7.81. The number of carbonyl (C=O) groups is 1. The van der Waals surface area contributed by atoms with Crippen LogP contribution >= 0.6 is 0 Å². The Hall–Kier alpha value is -3.09. The fourth-order valence-corrected chi connectivity index (χ4v) is 2.17. The highest BCUT2D eigenvalue weighted by Gasteiger charge is 2.15. The van der Waals surface area contributed by atoms with Gasteiger partial charge < -0.3 is 14.8 Å². The highest BCUT2D eigenvalue weighted by molar-refractivity contribution is 5.71. The van der Waals surface area contributed by atoms with Gasteiger partial charge in [0, 0.05) is 24.2 Å². The summed E-state index contributed by atoms with van der Waals surface area (Å²) < 4.78 is 10.1. The molecule has 0 saturated carbocycles. The summed E-state index contributed by atoms with van der Waals surface area (Å²) in [5, 5.41) is 14.3. The van der Waals surface area contributed by atoms with Crippen molar-refractivity contribution in [3.05, 3.63) is 58.1 Å². The minimum absolute atomic E-state index is 0.0394. The van der Waals surface area contributed by atoms with Crippen LogP contribution in [-0.2, 0) is 9.53 Å². The molecule has 0 amide bonds. The smallest absolute Gasteiger partial charge is 0.305 e. The van der Waals surface area contributed by atoms with Crippen LogP contribution in [0, 0.1) is 17.0 Å². The summed E-state index contributed by atoms with van der Waals surface area (Å²) in [4.78, 5) is 21.8. The molecule has 25 heavy (non-hydrogen) atoms.